The van der Waals surface area contributed by atoms with E-state index in [0.29, 0.717) is 5.92 Å². The topological polar surface area (TPSA) is 53.1 Å². The van der Waals surface area contributed by atoms with Crippen molar-refractivity contribution in [1.29, 1.82) is 5.41 Å². The van der Waals surface area contributed by atoms with E-state index < -0.39 is 0 Å². The quantitative estimate of drug-likeness (QED) is 0.659. The molecule has 3 N–H and O–H groups in total. The minimum Gasteiger partial charge on any atom is -0.384 e. The average molecular weight is 344 g/mol. The van der Waals surface area contributed by atoms with Gasteiger partial charge in [-0.3, -0.25) is 5.41 Å². The van der Waals surface area contributed by atoms with Gasteiger partial charge in [-0.1, -0.05) is 36.4 Å². The van der Waals surface area contributed by atoms with Crippen molar-refractivity contribution < 1.29 is 0 Å². The fourth-order valence-corrected chi connectivity index (χ4v) is 3.59. The number of halogens is 1. The van der Waals surface area contributed by atoms with Gasteiger partial charge in [0.1, 0.15) is 5.84 Å². The minimum atomic E-state index is 0.112. The van der Waals surface area contributed by atoms with Crippen molar-refractivity contribution >= 4 is 27.5 Å². The molecule has 3 rings (SSSR count). The second kappa shape index (κ2) is 5.90. The molecule has 1 saturated heterocycles. The van der Waals surface area contributed by atoms with Crippen LogP contribution >= 0.6 is 15.9 Å². The van der Waals surface area contributed by atoms with Gasteiger partial charge in [0.2, 0.25) is 0 Å². The summed E-state index contributed by atoms with van der Waals surface area (Å²) in [4.78, 5) is 2.33. The molecular formula is C17H18BrN3. The van der Waals surface area contributed by atoms with Gasteiger partial charge >= 0.3 is 0 Å². The summed E-state index contributed by atoms with van der Waals surface area (Å²) in [5, 5.41) is 7.82. The summed E-state index contributed by atoms with van der Waals surface area (Å²) in [5.41, 5.74) is 8.99. The van der Waals surface area contributed by atoms with E-state index in [1.165, 1.54) is 5.56 Å². The molecule has 1 unspecified atom stereocenters. The fraction of sp³-hybridized carbons (Fsp3) is 0.235. The van der Waals surface area contributed by atoms with Gasteiger partial charge in [0.15, 0.2) is 0 Å². The second-order valence-electron chi connectivity index (χ2n) is 5.39. The van der Waals surface area contributed by atoms with Gasteiger partial charge < -0.3 is 10.6 Å². The summed E-state index contributed by atoms with van der Waals surface area (Å²) in [7, 11) is 0. The van der Waals surface area contributed by atoms with Crippen molar-refractivity contribution in [2.75, 3.05) is 18.0 Å². The van der Waals surface area contributed by atoms with Gasteiger partial charge in [0.25, 0.3) is 0 Å². The Labute approximate surface area is 133 Å². The minimum absolute atomic E-state index is 0.112. The van der Waals surface area contributed by atoms with Crippen LogP contribution in [-0.2, 0) is 0 Å². The standard InChI is InChI=1S/C17H18BrN3/c18-14-7-4-8-15(16(14)17(19)20)21-10-9-13(11-21)12-5-2-1-3-6-12/h1-8,13H,9-11H2,(H3,19,20). The largest absolute Gasteiger partial charge is 0.384 e. The third kappa shape index (κ3) is 2.81. The predicted octanol–water partition coefficient (Wildman–Crippen LogP) is 3.73. The van der Waals surface area contributed by atoms with Crippen LogP contribution in [0.3, 0.4) is 0 Å². The van der Waals surface area contributed by atoms with Crippen LogP contribution in [-0.4, -0.2) is 18.9 Å². The smallest absolute Gasteiger partial charge is 0.126 e. The van der Waals surface area contributed by atoms with E-state index in [1.807, 2.05) is 12.1 Å². The molecule has 21 heavy (non-hydrogen) atoms. The number of nitrogen functional groups attached to an aromatic ring is 1. The van der Waals surface area contributed by atoms with E-state index >= 15 is 0 Å². The highest BCUT2D eigenvalue weighted by Gasteiger charge is 2.26. The lowest BCUT2D eigenvalue weighted by Crippen LogP contribution is -2.24. The Morgan fingerprint density at radius 2 is 1.90 bits per heavy atom. The zero-order valence-electron chi connectivity index (χ0n) is 11.7. The van der Waals surface area contributed by atoms with Gasteiger partial charge in [-0.15, -0.1) is 0 Å². The van der Waals surface area contributed by atoms with E-state index in [9.17, 15) is 0 Å². The predicted molar refractivity (Wildman–Crippen MR) is 91.2 cm³/mol. The SMILES string of the molecule is N=C(N)c1c(Br)cccc1N1CCC(c2ccccc2)C1. The summed E-state index contributed by atoms with van der Waals surface area (Å²) >= 11 is 3.51. The molecule has 2 aromatic carbocycles. The second-order valence-corrected chi connectivity index (χ2v) is 6.24. The average Bonchev–Trinajstić information content (AvgIpc) is 2.97. The Bertz CT molecular complexity index is 654. The number of benzene rings is 2. The molecule has 0 aliphatic carbocycles. The summed E-state index contributed by atoms with van der Waals surface area (Å²) in [6.45, 7) is 1.97. The first-order chi connectivity index (χ1) is 10.2. The van der Waals surface area contributed by atoms with Crippen LogP contribution in [0.4, 0.5) is 5.69 Å². The first kappa shape index (κ1) is 14.1. The van der Waals surface area contributed by atoms with Gasteiger partial charge in [-0.05, 0) is 40.0 Å². The summed E-state index contributed by atoms with van der Waals surface area (Å²) in [5.74, 6) is 0.658. The number of nitrogens with two attached hydrogens (primary N) is 1. The number of rotatable bonds is 3. The Kier molecular flexibility index (Phi) is 3.97. The first-order valence-electron chi connectivity index (χ1n) is 7.09. The van der Waals surface area contributed by atoms with Crippen molar-refractivity contribution in [3.63, 3.8) is 0 Å². The van der Waals surface area contributed by atoms with E-state index in [0.717, 1.165) is 35.2 Å². The lowest BCUT2D eigenvalue weighted by Gasteiger charge is -2.22. The number of nitrogens with one attached hydrogen (secondary N) is 1. The molecule has 1 fully saturated rings. The van der Waals surface area contributed by atoms with Gasteiger partial charge in [-0.2, -0.15) is 0 Å². The van der Waals surface area contributed by atoms with E-state index in [2.05, 4.69) is 57.2 Å². The van der Waals surface area contributed by atoms with E-state index in [4.69, 9.17) is 11.1 Å². The molecule has 1 aliphatic heterocycles. The third-order valence-corrected chi connectivity index (χ3v) is 4.72. The molecule has 4 heteroatoms. The van der Waals surface area contributed by atoms with Crippen LogP contribution in [0.25, 0.3) is 0 Å². The number of hydrogen-bond donors (Lipinski definition) is 2. The highest BCUT2D eigenvalue weighted by atomic mass is 79.9. The molecule has 0 spiro atoms. The number of anilines is 1. The van der Waals surface area contributed by atoms with Crippen LogP contribution in [0.1, 0.15) is 23.5 Å². The van der Waals surface area contributed by atoms with Crippen molar-refractivity contribution in [2.24, 2.45) is 5.73 Å². The zero-order valence-corrected chi connectivity index (χ0v) is 13.3. The Hall–Kier alpha value is -1.81. The van der Waals surface area contributed by atoms with E-state index in [1.54, 1.807) is 0 Å². The molecule has 108 valence electrons. The monoisotopic (exact) mass is 343 g/mol. The Morgan fingerprint density at radius 3 is 2.62 bits per heavy atom. The Balaban J connectivity index is 1.87. The van der Waals surface area contributed by atoms with Crippen LogP contribution in [0.15, 0.2) is 53.0 Å². The first-order valence-corrected chi connectivity index (χ1v) is 7.89. The summed E-state index contributed by atoms with van der Waals surface area (Å²) in [6, 6.07) is 16.6. The third-order valence-electron chi connectivity index (χ3n) is 4.06. The molecule has 2 aromatic rings. The highest BCUT2D eigenvalue weighted by Crippen LogP contribution is 2.34. The number of nitrogens with zero attached hydrogens (tertiary/aromatic N) is 1. The molecule has 0 aromatic heterocycles. The molecule has 1 atom stereocenters. The molecule has 0 amide bonds. The maximum Gasteiger partial charge on any atom is 0.126 e. The van der Waals surface area contributed by atoms with Crippen LogP contribution < -0.4 is 10.6 Å². The molecule has 1 heterocycles. The highest BCUT2D eigenvalue weighted by molar-refractivity contribution is 9.10. The molecular weight excluding hydrogens is 326 g/mol. The zero-order chi connectivity index (χ0) is 14.8. The molecule has 1 aliphatic rings. The maximum atomic E-state index is 7.82. The van der Waals surface area contributed by atoms with Gasteiger partial charge in [0.05, 0.1) is 5.56 Å². The van der Waals surface area contributed by atoms with Crippen molar-refractivity contribution in [1.82, 2.24) is 0 Å². The fourth-order valence-electron chi connectivity index (χ4n) is 3.02. The molecule has 3 nitrogen and oxygen atoms in total. The van der Waals surface area contributed by atoms with E-state index in [-0.39, 0.29) is 5.84 Å². The maximum absolute atomic E-state index is 7.82. The Morgan fingerprint density at radius 1 is 1.14 bits per heavy atom. The van der Waals surface area contributed by atoms with Crippen LogP contribution in [0.2, 0.25) is 0 Å². The molecule has 0 saturated carbocycles. The summed E-state index contributed by atoms with van der Waals surface area (Å²) in [6.07, 6.45) is 1.13. The lowest BCUT2D eigenvalue weighted by molar-refractivity contribution is 0.775. The number of amidine groups is 1. The summed E-state index contributed by atoms with van der Waals surface area (Å²) < 4.78 is 0.885. The number of hydrogen-bond acceptors (Lipinski definition) is 2. The van der Waals surface area contributed by atoms with Crippen molar-refractivity contribution in [3.05, 3.63) is 64.1 Å². The van der Waals surface area contributed by atoms with Gasteiger partial charge in [0, 0.05) is 29.2 Å². The van der Waals surface area contributed by atoms with Gasteiger partial charge in [-0.25, -0.2) is 0 Å². The van der Waals surface area contributed by atoms with Crippen molar-refractivity contribution in [3.8, 4) is 0 Å². The lowest BCUT2D eigenvalue weighted by atomic mass is 9.99. The van der Waals surface area contributed by atoms with Crippen LogP contribution in [0.5, 0.6) is 0 Å². The molecule has 0 radical (unpaired) electrons. The van der Waals surface area contributed by atoms with Crippen molar-refractivity contribution in [2.45, 2.75) is 12.3 Å². The molecule has 0 bridgehead atoms. The van der Waals surface area contributed by atoms with Crippen LogP contribution in [0, 0.1) is 5.41 Å². The normalized spacial score (nSPS) is 18.0.